The molecule has 0 aliphatic carbocycles. The molecule has 0 saturated heterocycles. The third-order valence-corrected chi connectivity index (χ3v) is 1.75. The average Bonchev–Trinajstić information content (AvgIpc) is 2.26. The maximum atomic E-state index is 11.4. The van der Waals surface area contributed by atoms with E-state index in [1.165, 1.54) is 12.1 Å². The van der Waals surface area contributed by atoms with E-state index in [2.05, 4.69) is 4.74 Å². The van der Waals surface area contributed by atoms with Crippen molar-refractivity contribution in [2.75, 3.05) is 7.11 Å². The van der Waals surface area contributed by atoms with Gasteiger partial charge in [0, 0.05) is 4.11 Å². The molecule has 1 rings (SSSR count). The summed E-state index contributed by atoms with van der Waals surface area (Å²) in [7, 11) is -0.650. The number of ether oxygens (including phenoxy) is 1. The molecule has 0 unspecified atom stereocenters. The zero-order valence-electron chi connectivity index (χ0n) is 10.5. The Labute approximate surface area is 86.5 Å². The lowest BCUT2D eigenvalue weighted by molar-refractivity contribution is 0.0600. The van der Waals surface area contributed by atoms with Crippen molar-refractivity contribution in [3.05, 3.63) is 29.3 Å². The van der Waals surface area contributed by atoms with Crippen LogP contribution in [0, 0.1) is 6.85 Å². The first-order valence-corrected chi connectivity index (χ1v) is 3.86. The molecule has 0 spiro atoms. The van der Waals surface area contributed by atoms with Crippen LogP contribution >= 0.6 is 0 Å². The van der Waals surface area contributed by atoms with Crippen LogP contribution in [0.15, 0.2) is 18.2 Å². The van der Waals surface area contributed by atoms with E-state index >= 15 is 0 Å². The summed E-state index contributed by atoms with van der Waals surface area (Å²) in [6.45, 7) is -2.53. The molecule has 0 atom stereocenters. The lowest BCUT2D eigenvalue weighted by Gasteiger charge is -2.05. The van der Waals surface area contributed by atoms with Crippen molar-refractivity contribution in [3.8, 4) is 0 Å². The molecule has 0 aliphatic rings. The quantitative estimate of drug-likeness (QED) is 0.493. The predicted molar refractivity (Wildman–Crippen MR) is 52.3 cm³/mol. The first kappa shape index (κ1) is 7.03. The van der Waals surface area contributed by atoms with Gasteiger partial charge in [-0.3, -0.25) is 0 Å². The molecule has 1 aromatic rings. The number of esters is 1. The van der Waals surface area contributed by atoms with Crippen LogP contribution in [-0.2, 0) is 4.74 Å². The number of rotatable bonds is 2. The SMILES string of the molecule is [2H]C([2H])([2H])c1cc(B(O)O)ccc1C(=O)OC. The lowest BCUT2D eigenvalue weighted by atomic mass is 9.79. The topological polar surface area (TPSA) is 66.8 Å². The highest BCUT2D eigenvalue weighted by molar-refractivity contribution is 6.58. The maximum absolute atomic E-state index is 11.4. The standard InChI is InChI=1S/C9H11BO4/c1-6-5-7(10(12)13)3-4-8(6)9(11)14-2/h3-5,12-13H,1-2H3/i1D3. The molecule has 0 heterocycles. The van der Waals surface area contributed by atoms with Gasteiger partial charge in [0.15, 0.2) is 0 Å². The number of hydrogen-bond donors (Lipinski definition) is 2. The van der Waals surface area contributed by atoms with Crippen LogP contribution in [0.3, 0.4) is 0 Å². The number of methoxy groups -OCH3 is 1. The van der Waals surface area contributed by atoms with Crippen molar-refractivity contribution in [1.82, 2.24) is 0 Å². The molecule has 0 aliphatic heterocycles. The Bertz CT molecular complexity index is 431. The molecular formula is C9H11BO4. The minimum absolute atomic E-state index is 0.00350. The van der Waals surface area contributed by atoms with E-state index in [1.807, 2.05) is 0 Å². The molecule has 2 N–H and O–H groups in total. The molecule has 5 heteroatoms. The fourth-order valence-electron chi connectivity index (χ4n) is 1.01. The summed E-state index contributed by atoms with van der Waals surface area (Å²) in [5.74, 6) is -0.782. The summed E-state index contributed by atoms with van der Waals surface area (Å²) in [6, 6.07) is 3.51. The minimum Gasteiger partial charge on any atom is -0.465 e. The Kier molecular flexibility index (Phi) is 2.14. The Morgan fingerprint density at radius 1 is 1.57 bits per heavy atom. The highest BCUT2D eigenvalue weighted by Crippen LogP contribution is 2.07. The van der Waals surface area contributed by atoms with Crippen LogP contribution in [-0.4, -0.2) is 30.2 Å². The minimum atomic E-state index is -2.53. The number of carbonyl (C=O) groups excluding carboxylic acids is 1. The Morgan fingerprint density at radius 2 is 2.29 bits per heavy atom. The summed E-state index contributed by atoms with van der Waals surface area (Å²) < 4.78 is 26.3. The van der Waals surface area contributed by atoms with Crippen LogP contribution in [0.1, 0.15) is 20.0 Å². The molecule has 74 valence electrons. The summed E-state index contributed by atoms with van der Waals surface area (Å²) in [4.78, 5) is 11.4. The second-order valence-electron chi connectivity index (χ2n) is 2.67. The normalized spacial score (nSPS) is 13.8. The Hall–Kier alpha value is -1.33. The van der Waals surface area contributed by atoms with E-state index in [4.69, 9.17) is 14.2 Å². The Morgan fingerprint density at radius 3 is 2.79 bits per heavy atom. The van der Waals surface area contributed by atoms with E-state index in [9.17, 15) is 4.79 Å². The fourth-order valence-corrected chi connectivity index (χ4v) is 1.01. The van der Waals surface area contributed by atoms with Crippen molar-refractivity contribution in [2.45, 2.75) is 6.85 Å². The van der Waals surface area contributed by atoms with Crippen LogP contribution in [0.5, 0.6) is 0 Å². The molecule has 0 aromatic heterocycles. The predicted octanol–water partition coefficient (Wildman–Crippen LogP) is -0.539. The van der Waals surface area contributed by atoms with Gasteiger partial charge >= 0.3 is 13.1 Å². The number of benzene rings is 1. The van der Waals surface area contributed by atoms with Gasteiger partial charge in [-0.1, -0.05) is 12.1 Å². The maximum Gasteiger partial charge on any atom is 0.488 e. The zero-order chi connectivity index (χ0) is 13.2. The monoisotopic (exact) mass is 197 g/mol. The molecule has 1 aromatic carbocycles. The number of aryl methyl sites for hydroxylation is 1. The van der Waals surface area contributed by atoms with E-state index < -0.39 is 19.9 Å². The van der Waals surface area contributed by atoms with Gasteiger partial charge < -0.3 is 14.8 Å². The van der Waals surface area contributed by atoms with E-state index in [1.54, 1.807) is 0 Å². The number of carbonyl (C=O) groups is 1. The first-order chi connectivity index (χ1) is 7.77. The molecule has 0 radical (unpaired) electrons. The molecule has 0 fully saturated rings. The molecule has 14 heavy (non-hydrogen) atoms. The van der Waals surface area contributed by atoms with Gasteiger partial charge in [-0.15, -0.1) is 0 Å². The first-order valence-electron chi connectivity index (χ1n) is 5.36. The summed E-state index contributed by atoms with van der Waals surface area (Å²) >= 11 is 0. The van der Waals surface area contributed by atoms with Crippen LogP contribution in [0.2, 0.25) is 0 Å². The second kappa shape index (κ2) is 4.26. The van der Waals surface area contributed by atoms with Gasteiger partial charge in [-0.05, 0) is 23.9 Å². The fraction of sp³-hybridized carbons (Fsp3) is 0.222. The summed E-state index contributed by atoms with van der Waals surface area (Å²) in [5.41, 5.74) is -0.379. The highest BCUT2D eigenvalue weighted by Gasteiger charge is 2.14. The van der Waals surface area contributed by atoms with Gasteiger partial charge in [0.1, 0.15) is 0 Å². The Balaban J connectivity index is 3.37. The van der Waals surface area contributed by atoms with Gasteiger partial charge in [0.2, 0.25) is 0 Å². The van der Waals surface area contributed by atoms with Crippen LogP contribution < -0.4 is 5.46 Å². The van der Waals surface area contributed by atoms with Crippen molar-refractivity contribution < 1.29 is 23.7 Å². The van der Waals surface area contributed by atoms with Crippen molar-refractivity contribution in [2.24, 2.45) is 0 Å². The highest BCUT2D eigenvalue weighted by atomic mass is 16.5. The number of hydrogen-bond acceptors (Lipinski definition) is 4. The zero-order valence-corrected chi connectivity index (χ0v) is 7.52. The third-order valence-electron chi connectivity index (χ3n) is 1.75. The largest absolute Gasteiger partial charge is 0.488 e. The molecule has 0 amide bonds. The van der Waals surface area contributed by atoms with Crippen molar-refractivity contribution >= 4 is 18.6 Å². The van der Waals surface area contributed by atoms with Gasteiger partial charge in [-0.25, -0.2) is 4.79 Å². The van der Waals surface area contributed by atoms with Gasteiger partial charge in [0.05, 0.1) is 12.7 Å². The average molecular weight is 197 g/mol. The van der Waals surface area contributed by atoms with E-state index in [0.29, 0.717) is 0 Å². The lowest BCUT2D eigenvalue weighted by Crippen LogP contribution is -2.30. The van der Waals surface area contributed by atoms with E-state index in [-0.39, 0.29) is 16.6 Å². The molecular weight excluding hydrogens is 183 g/mol. The molecule has 0 bridgehead atoms. The van der Waals surface area contributed by atoms with Crippen LogP contribution in [0.25, 0.3) is 0 Å². The van der Waals surface area contributed by atoms with Gasteiger partial charge in [-0.2, -0.15) is 0 Å². The van der Waals surface area contributed by atoms with Crippen LogP contribution in [0.4, 0.5) is 0 Å². The molecule has 0 saturated carbocycles. The summed E-state index contributed by atoms with van der Waals surface area (Å²) in [5, 5.41) is 17.9. The van der Waals surface area contributed by atoms with Crippen molar-refractivity contribution in [3.63, 3.8) is 0 Å². The van der Waals surface area contributed by atoms with Crippen molar-refractivity contribution in [1.29, 1.82) is 0 Å². The third kappa shape index (κ3) is 2.13. The summed E-state index contributed by atoms with van der Waals surface area (Å²) in [6.07, 6.45) is 0. The van der Waals surface area contributed by atoms with E-state index in [0.717, 1.165) is 13.2 Å². The smallest absolute Gasteiger partial charge is 0.465 e. The second-order valence-corrected chi connectivity index (χ2v) is 2.67. The van der Waals surface area contributed by atoms with Gasteiger partial charge in [0.25, 0.3) is 0 Å². The molecule has 4 nitrogen and oxygen atoms in total.